The van der Waals surface area contributed by atoms with E-state index < -0.39 is 17.9 Å². The minimum absolute atomic E-state index is 0.0745. The van der Waals surface area contributed by atoms with Crippen molar-refractivity contribution in [2.75, 3.05) is 6.61 Å². The third-order valence-electron chi connectivity index (χ3n) is 5.84. The van der Waals surface area contributed by atoms with Crippen molar-refractivity contribution >= 4 is 11.8 Å². The largest absolute Gasteiger partial charge is 0.491 e. The third kappa shape index (κ3) is 5.55. The second kappa shape index (κ2) is 9.69. The SMILES string of the molecule is O=C(O)C(=O)CC/C=C1\C[C@@H]2CC[C@H](/C=C/[C@@H](O)COc3ccccc3)[C@H]2C1. The lowest BCUT2D eigenvalue weighted by Crippen LogP contribution is -2.15. The molecule has 5 nitrogen and oxygen atoms in total. The van der Waals surface area contributed by atoms with Crippen molar-refractivity contribution < 1.29 is 24.5 Å². The predicted octanol–water partition coefficient (Wildman–Crippen LogP) is 3.78. The van der Waals surface area contributed by atoms with E-state index in [0.29, 0.717) is 24.2 Å². The summed E-state index contributed by atoms with van der Waals surface area (Å²) in [7, 11) is 0. The zero-order valence-corrected chi connectivity index (χ0v) is 16.0. The molecule has 0 aliphatic heterocycles. The molecular formula is C23H28O5. The van der Waals surface area contributed by atoms with Crippen LogP contribution in [0.2, 0.25) is 0 Å². The number of carbonyl (C=O) groups is 2. The molecule has 3 rings (SSSR count). The Hall–Kier alpha value is -2.40. The Morgan fingerprint density at radius 1 is 1.18 bits per heavy atom. The lowest BCUT2D eigenvalue weighted by molar-refractivity contribution is -0.149. The Balaban J connectivity index is 1.45. The molecule has 4 atom stereocenters. The summed E-state index contributed by atoms with van der Waals surface area (Å²) in [6.45, 7) is 0.240. The maximum absolute atomic E-state index is 11.2. The number of para-hydroxylation sites is 1. The molecule has 0 saturated heterocycles. The molecule has 0 spiro atoms. The molecule has 2 saturated carbocycles. The number of fused-ring (bicyclic) bond motifs is 1. The standard InChI is InChI=1S/C23H28O5/c24-19(15-28-20-6-2-1-3-7-20)12-11-17-9-10-18-13-16(14-21(17)18)5-4-8-22(25)23(26)27/h1-3,5-7,11-12,17-19,21,24H,4,8-10,13-15H2,(H,26,27)/b12-11+,16-5+/t17-,18+,19-,21-/m1/s1. The molecule has 0 aromatic heterocycles. The van der Waals surface area contributed by atoms with Gasteiger partial charge in [0.2, 0.25) is 5.78 Å². The summed E-state index contributed by atoms with van der Waals surface area (Å²) in [6, 6.07) is 9.47. The summed E-state index contributed by atoms with van der Waals surface area (Å²) >= 11 is 0. The number of carboxylic acids is 1. The van der Waals surface area contributed by atoms with Gasteiger partial charge < -0.3 is 14.9 Å². The number of ketones is 1. The van der Waals surface area contributed by atoms with Crippen LogP contribution in [0.5, 0.6) is 5.75 Å². The number of ether oxygens (including phenoxy) is 1. The monoisotopic (exact) mass is 384 g/mol. The molecular weight excluding hydrogens is 356 g/mol. The second-order valence-corrected chi connectivity index (χ2v) is 7.78. The fraction of sp³-hybridized carbons (Fsp3) is 0.478. The van der Waals surface area contributed by atoms with Gasteiger partial charge in [0.05, 0.1) is 0 Å². The molecule has 1 aromatic carbocycles. The van der Waals surface area contributed by atoms with Crippen LogP contribution < -0.4 is 4.74 Å². The quantitative estimate of drug-likeness (QED) is 0.500. The fourth-order valence-corrected chi connectivity index (χ4v) is 4.42. The highest BCUT2D eigenvalue weighted by molar-refractivity contribution is 6.32. The first-order valence-corrected chi connectivity index (χ1v) is 10.0. The van der Waals surface area contributed by atoms with E-state index in [0.717, 1.165) is 25.0 Å². The number of allylic oxidation sites excluding steroid dienone is 3. The Labute approximate surface area is 165 Å². The number of aliphatic hydroxyl groups excluding tert-OH is 1. The summed E-state index contributed by atoms with van der Waals surface area (Å²) in [6.07, 6.45) is 10.4. The van der Waals surface area contributed by atoms with Crippen molar-refractivity contribution in [2.24, 2.45) is 17.8 Å². The first-order valence-electron chi connectivity index (χ1n) is 10.0. The predicted molar refractivity (Wildman–Crippen MR) is 106 cm³/mol. The number of Topliss-reactive ketones (excluding diaryl/α,β-unsaturated/α-hetero) is 1. The van der Waals surface area contributed by atoms with Crippen LogP contribution >= 0.6 is 0 Å². The minimum Gasteiger partial charge on any atom is -0.491 e. The van der Waals surface area contributed by atoms with Gasteiger partial charge in [-0.1, -0.05) is 42.0 Å². The molecule has 28 heavy (non-hydrogen) atoms. The smallest absolute Gasteiger partial charge is 0.372 e. The van der Waals surface area contributed by atoms with Crippen LogP contribution in [0.25, 0.3) is 0 Å². The molecule has 2 aliphatic rings. The normalized spacial score (nSPS) is 26.5. The Morgan fingerprint density at radius 3 is 2.71 bits per heavy atom. The van der Waals surface area contributed by atoms with Gasteiger partial charge in [0, 0.05) is 6.42 Å². The van der Waals surface area contributed by atoms with E-state index in [1.807, 2.05) is 36.4 Å². The number of carbonyl (C=O) groups excluding carboxylic acids is 1. The summed E-state index contributed by atoms with van der Waals surface area (Å²) in [5.41, 5.74) is 1.35. The van der Waals surface area contributed by atoms with E-state index >= 15 is 0 Å². The van der Waals surface area contributed by atoms with Crippen LogP contribution in [-0.2, 0) is 9.59 Å². The molecule has 150 valence electrons. The first-order chi connectivity index (χ1) is 13.5. The van der Waals surface area contributed by atoms with Crippen LogP contribution in [0.1, 0.15) is 38.5 Å². The molecule has 0 heterocycles. The lowest BCUT2D eigenvalue weighted by atomic mass is 9.91. The number of rotatable bonds is 9. The number of aliphatic hydroxyl groups is 1. The molecule has 0 radical (unpaired) electrons. The molecule has 5 heteroatoms. The fourth-order valence-electron chi connectivity index (χ4n) is 4.42. The number of hydrogen-bond acceptors (Lipinski definition) is 4. The van der Waals surface area contributed by atoms with Crippen LogP contribution in [-0.4, -0.2) is 34.7 Å². The van der Waals surface area contributed by atoms with E-state index in [9.17, 15) is 14.7 Å². The van der Waals surface area contributed by atoms with Gasteiger partial charge in [0.1, 0.15) is 18.5 Å². The van der Waals surface area contributed by atoms with Crippen LogP contribution in [0, 0.1) is 17.8 Å². The van der Waals surface area contributed by atoms with E-state index in [1.165, 1.54) is 12.0 Å². The zero-order chi connectivity index (χ0) is 19.9. The molecule has 2 fully saturated rings. The van der Waals surface area contributed by atoms with Crippen LogP contribution in [0.15, 0.2) is 54.1 Å². The topological polar surface area (TPSA) is 83.8 Å². The highest BCUT2D eigenvalue weighted by Gasteiger charge is 2.39. The van der Waals surface area contributed by atoms with Gasteiger partial charge in [-0.3, -0.25) is 4.79 Å². The van der Waals surface area contributed by atoms with Gasteiger partial charge in [-0.15, -0.1) is 0 Å². The lowest BCUT2D eigenvalue weighted by Gasteiger charge is -2.15. The third-order valence-corrected chi connectivity index (χ3v) is 5.84. The zero-order valence-electron chi connectivity index (χ0n) is 16.0. The highest BCUT2D eigenvalue weighted by atomic mass is 16.5. The van der Waals surface area contributed by atoms with Crippen LogP contribution in [0.4, 0.5) is 0 Å². The van der Waals surface area contributed by atoms with Crippen molar-refractivity contribution in [3.05, 3.63) is 54.1 Å². The number of carboxylic acid groups (broad SMARTS) is 1. The number of benzene rings is 1. The first kappa shape index (κ1) is 20.3. The van der Waals surface area contributed by atoms with E-state index in [1.54, 1.807) is 0 Å². The van der Waals surface area contributed by atoms with Crippen molar-refractivity contribution in [1.29, 1.82) is 0 Å². The average molecular weight is 384 g/mol. The van der Waals surface area contributed by atoms with E-state index in [2.05, 4.69) is 12.2 Å². The maximum atomic E-state index is 11.2. The van der Waals surface area contributed by atoms with Crippen molar-refractivity contribution in [3.63, 3.8) is 0 Å². The van der Waals surface area contributed by atoms with Crippen molar-refractivity contribution in [3.8, 4) is 5.75 Å². The van der Waals surface area contributed by atoms with Gasteiger partial charge in [-0.05, 0) is 62.0 Å². The molecule has 0 unspecified atom stereocenters. The number of aliphatic carboxylic acids is 1. The Morgan fingerprint density at radius 2 is 1.96 bits per heavy atom. The average Bonchev–Trinajstić information content (AvgIpc) is 3.26. The number of hydrogen-bond donors (Lipinski definition) is 2. The van der Waals surface area contributed by atoms with Gasteiger partial charge in [0.15, 0.2) is 0 Å². The Bertz CT molecular complexity index is 737. The van der Waals surface area contributed by atoms with Gasteiger partial charge in [-0.2, -0.15) is 0 Å². The molecule has 0 amide bonds. The maximum Gasteiger partial charge on any atom is 0.372 e. The summed E-state index contributed by atoms with van der Waals surface area (Å²) in [4.78, 5) is 21.8. The Kier molecular flexibility index (Phi) is 7.04. The van der Waals surface area contributed by atoms with E-state index in [4.69, 9.17) is 9.84 Å². The van der Waals surface area contributed by atoms with Gasteiger partial charge in [0.25, 0.3) is 0 Å². The molecule has 2 aliphatic carbocycles. The minimum atomic E-state index is -1.35. The molecule has 1 aromatic rings. The second-order valence-electron chi connectivity index (χ2n) is 7.78. The van der Waals surface area contributed by atoms with Crippen molar-refractivity contribution in [1.82, 2.24) is 0 Å². The van der Waals surface area contributed by atoms with Crippen molar-refractivity contribution in [2.45, 2.75) is 44.6 Å². The van der Waals surface area contributed by atoms with Crippen LogP contribution in [0.3, 0.4) is 0 Å². The summed E-state index contributed by atoms with van der Waals surface area (Å²) in [5, 5.41) is 18.8. The van der Waals surface area contributed by atoms with Gasteiger partial charge >= 0.3 is 5.97 Å². The highest BCUT2D eigenvalue weighted by Crippen LogP contribution is 2.50. The molecule has 0 bridgehead atoms. The van der Waals surface area contributed by atoms with E-state index in [-0.39, 0.29) is 13.0 Å². The molecule has 2 N–H and O–H groups in total. The summed E-state index contributed by atoms with van der Waals surface area (Å²) in [5.74, 6) is 0.392. The summed E-state index contributed by atoms with van der Waals surface area (Å²) < 4.78 is 5.59. The van der Waals surface area contributed by atoms with Gasteiger partial charge in [-0.25, -0.2) is 4.79 Å².